The summed E-state index contributed by atoms with van der Waals surface area (Å²) < 4.78 is 0. The van der Waals surface area contributed by atoms with Crippen molar-refractivity contribution >= 4 is 34.5 Å². The summed E-state index contributed by atoms with van der Waals surface area (Å²) in [5.41, 5.74) is 3.41. The maximum absolute atomic E-state index is 11.9. The molecular weight excluding hydrogens is 272 g/mol. The van der Waals surface area contributed by atoms with Crippen molar-refractivity contribution in [1.82, 2.24) is 4.98 Å². The summed E-state index contributed by atoms with van der Waals surface area (Å²) >= 11 is 1.32. The first-order valence-corrected chi connectivity index (χ1v) is 6.97. The summed E-state index contributed by atoms with van der Waals surface area (Å²) in [7, 11) is 3.71. The molecule has 1 amide bonds. The van der Waals surface area contributed by atoms with E-state index >= 15 is 0 Å². The highest BCUT2D eigenvalue weighted by molar-refractivity contribution is 7.11. The van der Waals surface area contributed by atoms with Crippen molar-refractivity contribution in [2.75, 3.05) is 24.3 Å². The van der Waals surface area contributed by atoms with Crippen molar-refractivity contribution in [1.29, 1.82) is 0 Å². The number of benzene rings is 1. The third kappa shape index (κ3) is 3.21. The first kappa shape index (κ1) is 14.2. The summed E-state index contributed by atoms with van der Waals surface area (Å²) in [5.74, 6) is 0.784. The lowest BCUT2D eigenvalue weighted by Gasteiger charge is -2.18. The van der Waals surface area contributed by atoms with Crippen molar-refractivity contribution in [3.05, 3.63) is 40.8 Å². The van der Waals surface area contributed by atoms with Crippen LogP contribution in [0.25, 0.3) is 0 Å². The predicted molar refractivity (Wildman–Crippen MR) is 83.9 cm³/mol. The van der Waals surface area contributed by atoms with Gasteiger partial charge < -0.3 is 10.2 Å². The Kier molecular flexibility index (Phi) is 4.47. The van der Waals surface area contributed by atoms with E-state index < -0.39 is 0 Å². The normalized spacial score (nSPS) is 11.2. The number of aliphatic imine (C=N–C) groups is 1. The Morgan fingerprint density at radius 1 is 1.35 bits per heavy atom. The van der Waals surface area contributed by atoms with E-state index in [-0.39, 0.29) is 5.91 Å². The van der Waals surface area contributed by atoms with Gasteiger partial charge >= 0.3 is 0 Å². The van der Waals surface area contributed by atoms with Crippen molar-refractivity contribution in [2.45, 2.75) is 6.92 Å². The van der Waals surface area contributed by atoms with Crippen LogP contribution < -0.4 is 10.2 Å². The number of hydrogen-bond acceptors (Lipinski definition) is 4. The van der Waals surface area contributed by atoms with Gasteiger partial charge in [-0.05, 0) is 31.2 Å². The predicted octanol–water partition coefficient (Wildman–Crippen LogP) is 2.88. The molecule has 0 aliphatic heterocycles. The van der Waals surface area contributed by atoms with Crippen LogP contribution in [0.2, 0.25) is 0 Å². The van der Waals surface area contributed by atoms with E-state index in [2.05, 4.69) is 15.3 Å². The molecule has 1 N–H and O–H groups in total. The average molecular weight is 288 g/mol. The molecule has 0 saturated heterocycles. The van der Waals surface area contributed by atoms with Crippen molar-refractivity contribution in [3.8, 4) is 0 Å². The Labute approximate surface area is 122 Å². The van der Waals surface area contributed by atoms with E-state index in [4.69, 9.17) is 0 Å². The molecule has 0 unspecified atom stereocenters. The molecule has 0 spiro atoms. The number of thiazole rings is 1. The minimum Gasteiger partial charge on any atom is -0.334 e. The van der Waals surface area contributed by atoms with Gasteiger partial charge in [-0.3, -0.25) is 14.8 Å². The highest BCUT2D eigenvalue weighted by Gasteiger charge is 2.08. The van der Waals surface area contributed by atoms with Crippen LogP contribution in [-0.2, 0) is 0 Å². The summed E-state index contributed by atoms with van der Waals surface area (Å²) in [6.45, 7) is 1.94. The van der Waals surface area contributed by atoms with Crippen LogP contribution in [0.4, 0.5) is 11.4 Å². The standard InChI is InChI=1S/C14H16N4OS/c1-10(15-2)18(3)12-6-4-11(5-7-12)17-14(19)13-8-16-9-20-13/h4-9H,1-3H3,(H,17,19). The molecule has 0 fully saturated rings. The monoisotopic (exact) mass is 288 g/mol. The minimum absolute atomic E-state index is 0.139. The molecule has 104 valence electrons. The SMILES string of the molecule is CN=C(C)N(C)c1ccc(NC(=O)c2cncs2)cc1. The average Bonchev–Trinajstić information content (AvgIpc) is 3.01. The smallest absolute Gasteiger partial charge is 0.267 e. The Balaban J connectivity index is 2.07. The van der Waals surface area contributed by atoms with Crippen LogP contribution in [0, 0.1) is 0 Å². The first-order valence-electron chi connectivity index (χ1n) is 6.09. The third-order valence-corrected chi connectivity index (χ3v) is 3.75. The number of nitrogens with zero attached hydrogens (tertiary/aromatic N) is 3. The Bertz CT molecular complexity index is 605. The van der Waals surface area contributed by atoms with E-state index in [1.165, 1.54) is 11.3 Å². The topological polar surface area (TPSA) is 57.6 Å². The molecule has 0 saturated carbocycles. The second-order valence-electron chi connectivity index (χ2n) is 4.20. The second kappa shape index (κ2) is 6.29. The first-order chi connectivity index (χ1) is 9.61. The van der Waals surface area contributed by atoms with Crippen LogP contribution in [0.1, 0.15) is 16.6 Å². The van der Waals surface area contributed by atoms with Gasteiger partial charge in [0.2, 0.25) is 0 Å². The zero-order chi connectivity index (χ0) is 14.5. The van der Waals surface area contributed by atoms with Gasteiger partial charge in [-0.1, -0.05) is 0 Å². The molecule has 0 atom stereocenters. The van der Waals surface area contributed by atoms with Gasteiger partial charge in [0.1, 0.15) is 4.88 Å². The lowest BCUT2D eigenvalue weighted by molar-refractivity contribution is 0.103. The van der Waals surface area contributed by atoms with Crippen LogP contribution in [-0.4, -0.2) is 30.8 Å². The highest BCUT2D eigenvalue weighted by atomic mass is 32.1. The van der Waals surface area contributed by atoms with Crippen LogP contribution in [0.3, 0.4) is 0 Å². The molecule has 0 radical (unpaired) electrons. The van der Waals surface area contributed by atoms with E-state index in [0.29, 0.717) is 4.88 Å². The number of aromatic nitrogens is 1. The van der Waals surface area contributed by atoms with E-state index in [1.807, 2.05) is 43.1 Å². The Morgan fingerprint density at radius 2 is 2.05 bits per heavy atom. The number of amides is 1. The van der Waals surface area contributed by atoms with Crippen LogP contribution in [0.15, 0.2) is 41.0 Å². The highest BCUT2D eigenvalue weighted by Crippen LogP contribution is 2.18. The molecule has 2 aromatic rings. The lowest BCUT2D eigenvalue weighted by Crippen LogP contribution is -2.23. The lowest BCUT2D eigenvalue weighted by atomic mass is 10.2. The number of hydrogen-bond donors (Lipinski definition) is 1. The molecule has 5 nitrogen and oxygen atoms in total. The summed E-state index contributed by atoms with van der Waals surface area (Å²) in [6.07, 6.45) is 1.56. The number of carbonyl (C=O) groups is 1. The zero-order valence-corrected chi connectivity index (χ0v) is 12.4. The van der Waals surface area contributed by atoms with Crippen LogP contribution >= 0.6 is 11.3 Å². The van der Waals surface area contributed by atoms with Gasteiger partial charge in [-0.15, -0.1) is 11.3 Å². The zero-order valence-electron chi connectivity index (χ0n) is 11.6. The molecule has 20 heavy (non-hydrogen) atoms. The second-order valence-corrected chi connectivity index (χ2v) is 5.08. The number of amidine groups is 1. The van der Waals surface area contributed by atoms with Gasteiger partial charge in [0.15, 0.2) is 0 Å². The van der Waals surface area contributed by atoms with Crippen molar-refractivity contribution < 1.29 is 4.79 Å². The van der Waals surface area contributed by atoms with E-state index in [9.17, 15) is 4.79 Å². The molecule has 0 aliphatic rings. The summed E-state index contributed by atoms with van der Waals surface area (Å²) in [6, 6.07) is 7.62. The fraction of sp³-hybridized carbons (Fsp3) is 0.214. The molecule has 0 aliphatic carbocycles. The summed E-state index contributed by atoms with van der Waals surface area (Å²) in [4.78, 5) is 22.5. The van der Waals surface area contributed by atoms with Gasteiger partial charge in [-0.25, -0.2) is 0 Å². The molecule has 1 heterocycles. The maximum atomic E-state index is 11.9. The number of carbonyl (C=O) groups excluding carboxylic acids is 1. The van der Waals surface area contributed by atoms with Gasteiger partial charge in [0.25, 0.3) is 5.91 Å². The fourth-order valence-electron chi connectivity index (χ4n) is 1.63. The fourth-order valence-corrected chi connectivity index (χ4v) is 2.14. The Hall–Kier alpha value is -2.21. The molecule has 2 rings (SSSR count). The maximum Gasteiger partial charge on any atom is 0.267 e. The van der Waals surface area contributed by atoms with E-state index in [0.717, 1.165) is 17.2 Å². The van der Waals surface area contributed by atoms with Gasteiger partial charge in [0.05, 0.1) is 17.5 Å². The molecule has 0 bridgehead atoms. The molecular formula is C14H16N4OS. The summed E-state index contributed by atoms with van der Waals surface area (Å²) in [5, 5.41) is 2.84. The van der Waals surface area contributed by atoms with Crippen molar-refractivity contribution in [2.24, 2.45) is 4.99 Å². The van der Waals surface area contributed by atoms with Gasteiger partial charge in [-0.2, -0.15) is 0 Å². The van der Waals surface area contributed by atoms with Gasteiger partial charge in [0, 0.05) is 25.5 Å². The molecule has 6 heteroatoms. The number of rotatable bonds is 3. The minimum atomic E-state index is -0.139. The third-order valence-electron chi connectivity index (χ3n) is 2.98. The number of nitrogens with one attached hydrogen (secondary N) is 1. The quantitative estimate of drug-likeness (QED) is 0.698. The largest absolute Gasteiger partial charge is 0.334 e. The Morgan fingerprint density at radius 3 is 2.60 bits per heavy atom. The molecule has 1 aromatic carbocycles. The number of anilines is 2. The van der Waals surface area contributed by atoms with Crippen LogP contribution in [0.5, 0.6) is 0 Å². The van der Waals surface area contributed by atoms with E-state index in [1.54, 1.807) is 18.8 Å². The van der Waals surface area contributed by atoms with Crippen molar-refractivity contribution in [3.63, 3.8) is 0 Å². The molecule has 1 aromatic heterocycles.